The van der Waals surface area contributed by atoms with Crippen molar-refractivity contribution in [2.24, 2.45) is 5.92 Å². The van der Waals surface area contributed by atoms with Crippen LogP contribution in [0.25, 0.3) is 0 Å². The number of aliphatic carboxylic acids is 1. The van der Waals surface area contributed by atoms with Gasteiger partial charge in [0.15, 0.2) is 0 Å². The topological polar surface area (TPSA) is 66.8 Å². The van der Waals surface area contributed by atoms with Crippen LogP contribution in [0.1, 0.15) is 24.5 Å². The lowest BCUT2D eigenvalue weighted by molar-refractivity contribution is -0.153. The highest BCUT2D eigenvalue weighted by molar-refractivity contribution is 5.86. The van der Waals surface area contributed by atoms with Crippen LogP contribution in [0, 0.1) is 5.92 Å². The van der Waals surface area contributed by atoms with Crippen molar-refractivity contribution in [1.82, 2.24) is 4.90 Å². The first-order chi connectivity index (χ1) is 10.1. The number of benzene rings is 1. The van der Waals surface area contributed by atoms with Crippen molar-refractivity contribution in [2.75, 3.05) is 6.61 Å². The van der Waals surface area contributed by atoms with Crippen LogP contribution in [0.3, 0.4) is 0 Å². The Kier molecular flexibility index (Phi) is 3.68. The van der Waals surface area contributed by atoms with Gasteiger partial charge in [0.05, 0.1) is 18.6 Å². The lowest BCUT2D eigenvalue weighted by Crippen LogP contribution is -2.50. The van der Waals surface area contributed by atoms with Crippen molar-refractivity contribution < 1.29 is 19.4 Å². The van der Waals surface area contributed by atoms with Crippen LogP contribution in [0.2, 0.25) is 0 Å². The summed E-state index contributed by atoms with van der Waals surface area (Å²) in [6.45, 7) is 2.70. The van der Waals surface area contributed by atoms with Crippen molar-refractivity contribution >= 4 is 11.9 Å². The van der Waals surface area contributed by atoms with Gasteiger partial charge in [0.25, 0.3) is 0 Å². The van der Waals surface area contributed by atoms with E-state index in [9.17, 15) is 14.7 Å². The summed E-state index contributed by atoms with van der Waals surface area (Å²) < 4.78 is 5.45. The Morgan fingerprint density at radius 1 is 1.29 bits per heavy atom. The summed E-state index contributed by atoms with van der Waals surface area (Å²) in [4.78, 5) is 25.7. The Morgan fingerprint density at radius 2 is 2.00 bits per heavy atom. The Morgan fingerprint density at radius 3 is 2.62 bits per heavy atom. The lowest BCUT2D eigenvalue weighted by atomic mass is 9.92. The van der Waals surface area contributed by atoms with Crippen LogP contribution in [-0.4, -0.2) is 40.6 Å². The molecule has 1 N–H and O–H groups in total. The minimum absolute atomic E-state index is 0.0688. The van der Waals surface area contributed by atoms with E-state index in [0.29, 0.717) is 26.0 Å². The largest absolute Gasteiger partial charge is 0.480 e. The lowest BCUT2D eigenvalue weighted by Gasteiger charge is -2.35. The molecule has 2 aliphatic rings. The van der Waals surface area contributed by atoms with Crippen molar-refractivity contribution in [3.8, 4) is 0 Å². The van der Waals surface area contributed by atoms with E-state index in [1.54, 1.807) is 0 Å². The van der Waals surface area contributed by atoms with Gasteiger partial charge in [0, 0.05) is 13.0 Å². The fourth-order valence-corrected chi connectivity index (χ4v) is 3.20. The molecule has 112 valence electrons. The van der Waals surface area contributed by atoms with Crippen molar-refractivity contribution in [1.29, 1.82) is 0 Å². The van der Waals surface area contributed by atoms with Gasteiger partial charge in [-0.2, -0.15) is 0 Å². The maximum atomic E-state index is 12.7. The van der Waals surface area contributed by atoms with Gasteiger partial charge in [0.2, 0.25) is 5.91 Å². The van der Waals surface area contributed by atoms with E-state index < -0.39 is 12.0 Å². The van der Waals surface area contributed by atoms with Crippen LogP contribution >= 0.6 is 0 Å². The zero-order chi connectivity index (χ0) is 15.0. The molecule has 5 heteroatoms. The molecule has 3 rings (SSSR count). The second-order valence-electron chi connectivity index (χ2n) is 5.87. The minimum Gasteiger partial charge on any atom is -0.480 e. The fourth-order valence-electron chi connectivity index (χ4n) is 3.20. The number of fused-ring (bicyclic) bond motifs is 1. The number of carboxylic acid groups (broad SMARTS) is 1. The van der Waals surface area contributed by atoms with Gasteiger partial charge in [-0.25, -0.2) is 4.79 Å². The first-order valence-corrected chi connectivity index (χ1v) is 7.28. The minimum atomic E-state index is -0.940. The molecule has 0 spiro atoms. The van der Waals surface area contributed by atoms with Crippen LogP contribution in [0.4, 0.5) is 0 Å². The molecule has 2 unspecified atom stereocenters. The van der Waals surface area contributed by atoms with Crippen molar-refractivity contribution in [2.45, 2.75) is 38.5 Å². The SMILES string of the molecule is CC1CC(C(=O)N2Cc3ccccc3C[C@H]2C(=O)O)CO1. The zero-order valence-electron chi connectivity index (χ0n) is 12.0. The summed E-state index contributed by atoms with van der Waals surface area (Å²) in [5.74, 6) is -1.25. The molecule has 1 aromatic carbocycles. The Labute approximate surface area is 123 Å². The van der Waals surface area contributed by atoms with E-state index >= 15 is 0 Å². The highest BCUT2D eigenvalue weighted by atomic mass is 16.5. The standard InChI is InChI=1S/C16H19NO4/c1-10-6-13(9-21-10)15(18)17-8-12-5-3-2-4-11(12)7-14(17)16(19)20/h2-5,10,13-14H,6-9H2,1H3,(H,19,20)/t10?,13?,14-/m0/s1. The van der Waals surface area contributed by atoms with E-state index in [4.69, 9.17) is 4.74 Å². The molecule has 1 amide bonds. The smallest absolute Gasteiger partial charge is 0.326 e. The number of rotatable bonds is 2. The predicted molar refractivity (Wildman–Crippen MR) is 75.6 cm³/mol. The third-order valence-corrected chi connectivity index (χ3v) is 4.36. The average Bonchev–Trinajstić information content (AvgIpc) is 2.91. The van der Waals surface area contributed by atoms with E-state index in [1.165, 1.54) is 4.90 Å². The third kappa shape index (κ3) is 2.65. The zero-order valence-corrected chi connectivity index (χ0v) is 12.0. The summed E-state index contributed by atoms with van der Waals surface area (Å²) in [6.07, 6.45) is 1.11. The number of carbonyl (C=O) groups excluding carboxylic acids is 1. The van der Waals surface area contributed by atoms with Gasteiger partial charge in [-0.15, -0.1) is 0 Å². The average molecular weight is 289 g/mol. The molecule has 2 heterocycles. The molecule has 0 radical (unpaired) electrons. The van der Waals surface area contributed by atoms with E-state index in [2.05, 4.69) is 0 Å². The molecule has 0 bridgehead atoms. The normalized spacial score (nSPS) is 28.2. The van der Waals surface area contributed by atoms with Crippen LogP contribution in [-0.2, 0) is 27.3 Å². The summed E-state index contributed by atoms with van der Waals surface area (Å²) in [7, 11) is 0. The molecule has 21 heavy (non-hydrogen) atoms. The highest BCUT2D eigenvalue weighted by Crippen LogP contribution is 2.28. The molecule has 1 saturated heterocycles. The Bertz CT molecular complexity index is 571. The number of carboxylic acids is 1. The Balaban J connectivity index is 1.85. The predicted octanol–water partition coefficient (Wildman–Crippen LogP) is 1.45. The maximum absolute atomic E-state index is 12.7. The van der Waals surface area contributed by atoms with Gasteiger partial charge < -0.3 is 14.7 Å². The molecule has 1 fully saturated rings. The number of hydrogen-bond acceptors (Lipinski definition) is 3. The molecular formula is C16H19NO4. The molecule has 3 atom stereocenters. The number of carbonyl (C=O) groups is 2. The number of nitrogens with zero attached hydrogens (tertiary/aromatic N) is 1. The molecule has 0 aromatic heterocycles. The van der Waals surface area contributed by atoms with E-state index in [-0.39, 0.29) is 17.9 Å². The summed E-state index contributed by atoms with van der Waals surface area (Å²) in [5, 5.41) is 9.45. The van der Waals surface area contributed by atoms with Gasteiger partial charge in [-0.05, 0) is 24.5 Å². The molecule has 1 aromatic rings. The maximum Gasteiger partial charge on any atom is 0.326 e. The van der Waals surface area contributed by atoms with E-state index in [1.807, 2.05) is 31.2 Å². The second-order valence-corrected chi connectivity index (χ2v) is 5.87. The molecular weight excluding hydrogens is 270 g/mol. The molecule has 2 aliphatic heterocycles. The fraction of sp³-hybridized carbons (Fsp3) is 0.500. The van der Waals surface area contributed by atoms with Crippen molar-refractivity contribution in [3.63, 3.8) is 0 Å². The molecule has 0 saturated carbocycles. The van der Waals surface area contributed by atoms with Gasteiger partial charge in [0.1, 0.15) is 6.04 Å². The first-order valence-electron chi connectivity index (χ1n) is 7.28. The number of hydrogen-bond donors (Lipinski definition) is 1. The number of ether oxygens (including phenoxy) is 1. The summed E-state index contributed by atoms with van der Waals surface area (Å²) in [5.41, 5.74) is 2.06. The van der Waals surface area contributed by atoms with Crippen LogP contribution in [0.15, 0.2) is 24.3 Å². The highest BCUT2D eigenvalue weighted by Gasteiger charge is 2.39. The van der Waals surface area contributed by atoms with Crippen LogP contribution < -0.4 is 0 Å². The quantitative estimate of drug-likeness (QED) is 0.895. The summed E-state index contributed by atoms with van der Waals surface area (Å²) in [6, 6.07) is 6.95. The summed E-state index contributed by atoms with van der Waals surface area (Å²) >= 11 is 0. The number of amides is 1. The second kappa shape index (κ2) is 5.48. The third-order valence-electron chi connectivity index (χ3n) is 4.36. The Hall–Kier alpha value is -1.88. The van der Waals surface area contributed by atoms with E-state index in [0.717, 1.165) is 11.1 Å². The van der Waals surface area contributed by atoms with Crippen LogP contribution in [0.5, 0.6) is 0 Å². The molecule has 0 aliphatic carbocycles. The van der Waals surface area contributed by atoms with Gasteiger partial charge in [-0.1, -0.05) is 24.3 Å². The monoisotopic (exact) mass is 289 g/mol. The van der Waals surface area contributed by atoms with Gasteiger partial charge >= 0.3 is 5.97 Å². The molecule has 5 nitrogen and oxygen atoms in total. The van der Waals surface area contributed by atoms with Crippen molar-refractivity contribution in [3.05, 3.63) is 35.4 Å². The first kappa shape index (κ1) is 14.1. The van der Waals surface area contributed by atoms with Gasteiger partial charge in [-0.3, -0.25) is 4.79 Å².